The maximum absolute atomic E-state index is 2.79. The molecule has 0 fully saturated rings. The monoisotopic (exact) mass is 680 g/mol. The molecule has 0 aliphatic heterocycles. The van der Waals surface area contributed by atoms with Crippen molar-refractivity contribution in [3.8, 4) is 0 Å². The highest BCUT2D eigenvalue weighted by Crippen LogP contribution is 2.41. The van der Waals surface area contributed by atoms with E-state index in [9.17, 15) is 0 Å². The number of rotatable bonds is 7. The average Bonchev–Trinajstić information content (AvgIpc) is 3.10. The van der Waals surface area contributed by atoms with Crippen LogP contribution in [0, 0.1) is 47.5 Å². The molecule has 1 unspecified atom stereocenters. The molecule has 1 aliphatic rings. The van der Waals surface area contributed by atoms with E-state index in [4.69, 9.17) is 0 Å². The van der Waals surface area contributed by atoms with E-state index in [0.717, 1.165) is 0 Å². The fraction of sp³-hybridized carbons (Fsp3) is 0.476. The first-order valence-electron chi connectivity index (χ1n) is 17.6. The first-order valence-corrected chi connectivity index (χ1v) is 30.1. The predicted octanol–water partition coefficient (Wildman–Crippen LogP) is 8.48. The molecule has 0 saturated carbocycles. The van der Waals surface area contributed by atoms with Crippen molar-refractivity contribution >= 4 is 63.4 Å². The van der Waals surface area contributed by atoms with Crippen LogP contribution in [-0.2, 0) is 0 Å². The van der Waals surface area contributed by atoms with Gasteiger partial charge in [0.15, 0.2) is 8.07 Å². The Morgan fingerprint density at radius 2 is 0.696 bits per heavy atom. The van der Waals surface area contributed by atoms with Gasteiger partial charge in [0.25, 0.3) is 0 Å². The van der Waals surface area contributed by atoms with Crippen LogP contribution in [0.5, 0.6) is 0 Å². The van der Waals surface area contributed by atoms with E-state index >= 15 is 0 Å². The maximum Gasteiger partial charge on any atom is 0.176 e. The zero-order valence-corrected chi connectivity index (χ0v) is 37.0. The SMILES string of the molecule is CC1=C(C)C(C)C([Si](c2cc(C)c(C)c([Si](C)(C)C)c2)(c2cc(C)c(C)c([Si](C)(C)C)c2)c2cc(C)c(C)c([Si](C)(C)C)c2)=C1C. The first-order chi connectivity index (χ1) is 20.9. The number of allylic oxidation sites excluding steroid dienone is 4. The van der Waals surface area contributed by atoms with Gasteiger partial charge < -0.3 is 0 Å². The molecule has 0 heterocycles. The number of benzene rings is 3. The minimum Gasteiger partial charge on any atom is -0.0656 e. The molecule has 0 saturated heterocycles. The molecular formula is C42H64Si4. The molecule has 3 aromatic rings. The molecule has 0 bridgehead atoms. The molecule has 0 aromatic heterocycles. The molecule has 1 aliphatic carbocycles. The molecule has 0 nitrogen and oxygen atoms in total. The van der Waals surface area contributed by atoms with Crippen LogP contribution in [0.2, 0.25) is 58.9 Å². The summed E-state index contributed by atoms with van der Waals surface area (Å²) in [6.45, 7) is 47.0. The van der Waals surface area contributed by atoms with Crippen molar-refractivity contribution in [1.29, 1.82) is 0 Å². The first kappa shape index (κ1) is 36.8. The maximum atomic E-state index is 2.74. The Balaban J connectivity index is 2.44. The predicted molar refractivity (Wildman–Crippen MR) is 222 cm³/mol. The van der Waals surface area contributed by atoms with Gasteiger partial charge in [-0.3, -0.25) is 0 Å². The van der Waals surface area contributed by atoms with Crippen LogP contribution < -0.4 is 31.1 Å². The molecule has 0 amide bonds. The van der Waals surface area contributed by atoms with Crippen molar-refractivity contribution in [3.05, 3.63) is 91.7 Å². The molecule has 46 heavy (non-hydrogen) atoms. The average molecular weight is 681 g/mol. The highest BCUT2D eigenvalue weighted by atomic mass is 28.3. The number of hydrogen-bond donors (Lipinski definition) is 0. The van der Waals surface area contributed by atoms with E-state index in [2.05, 4.69) is 165 Å². The summed E-state index contributed by atoms with van der Waals surface area (Å²) >= 11 is 0. The summed E-state index contributed by atoms with van der Waals surface area (Å²) in [6.07, 6.45) is 0. The molecule has 0 spiro atoms. The second kappa shape index (κ2) is 12.2. The van der Waals surface area contributed by atoms with Gasteiger partial charge in [0.1, 0.15) is 0 Å². The Morgan fingerprint density at radius 3 is 0.913 bits per heavy atom. The minimum atomic E-state index is -2.79. The fourth-order valence-corrected chi connectivity index (χ4v) is 20.6. The highest BCUT2D eigenvalue weighted by Gasteiger charge is 2.49. The molecule has 1 atom stereocenters. The van der Waals surface area contributed by atoms with Gasteiger partial charge in [-0.1, -0.05) is 134 Å². The van der Waals surface area contributed by atoms with Gasteiger partial charge in [0, 0.05) is 0 Å². The second-order valence-corrected chi connectivity index (χ2v) is 36.9. The van der Waals surface area contributed by atoms with Crippen molar-refractivity contribution in [3.63, 3.8) is 0 Å². The molecular weight excluding hydrogens is 617 g/mol. The third-order valence-corrected chi connectivity index (χ3v) is 23.3. The Labute approximate surface area is 287 Å². The van der Waals surface area contributed by atoms with Crippen molar-refractivity contribution in [2.75, 3.05) is 0 Å². The van der Waals surface area contributed by atoms with Crippen LogP contribution in [0.1, 0.15) is 61.1 Å². The van der Waals surface area contributed by atoms with E-state index in [1.165, 1.54) is 39.0 Å². The van der Waals surface area contributed by atoms with E-state index < -0.39 is 32.3 Å². The summed E-state index contributed by atoms with van der Waals surface area (Å²) in [4.78, 5) is 0. The molecule has 4 rings (SSSR count). The second-order valence-electron chi connectivity index (χ2n) is 18.0. The van der Waals surface area contributed by atoms with Gasteiger partial charge in [0.05, 0.1) is 24.2 Å². The number of hydrogen-bond acceptors (Lipinski definition) is 0. The lowest BCUT2D eigenvalue weighted by atomic mass is 10.1. The molecule has 248 valence electrons. The Bertz CT molecular complexity index is 1610. The van der Waals surface area contributed by atoms with Crippen LogP contribution in [0.3, 0.4) is 0 Å². The van der Waals surface area contributed by atoms with E-state index in [1.54, 1.807) is 47.5 Å². The molecule has 3 aromatic carbocycles. The normalized spacial score (nSPS) is 16.6. The lowest BCUT2D eigenvalue weighted by molar-refractivity contribution is 0.851. The van der Waals surface area contributed by atoms with E-state index in [1.807, 2.05) is 0 Å². The third-order valence-electron chi connectivity index (χ3n) is 11.8. The summed E-state index contributed by atoms with van der Waals surface area (Å²) in [6, 6.07) is 16.2. The van der Waals surface area contributed by atoms with Gasteiger partial charge in [0.2, 0.25) is 0 Å². The van der Waals surface area contributed by atoms with Gasteiger partial charge in [-0.15, -0.1) is 0 Å². The summed E-state index contributed by atoms with van der Waals surface area (Å²) in [7, 11) is -7.69. The van der Waals surface area contributed by atoms with Gasteiger partial charge in [-0.2, -0.15) is 0 Å². The summed E-state index contributed by atoms with van der Waals surface area (Å²) in [5.74, 6) is 0.414. The summed E-state index contributed by atoms with van der Waals surface area (Å²) in [5, 5.41) is 11.4. The van der Waals surface area contributed by atoms with Crippen molar-refractivity contribution in [2.45, 2.75) is 128 Å². The Kier molecular flexibility index (Phi) is 9.74. The lowest BCUT2D eigenvalue weighted by Gasteiger charge is -2.42. The summed E-state index contributed by atoms with van der Waals surface area (Å²) in [5.41, 5.74) is 13.5. The minimum absolute atomic E-state index is 0.414. The van der Waals surface area contributed by atoms with Gasteiger partial charge in [-0.05, 0) is 123 Å². The Hall–Kier alpha value is -1.99. The zero-order chi connectivity index (χ0) is 35.1. The van der Waals surface area contributed by atoms with Crippen LogP contribution in [-0.4, -0.2) is 32.3 Å². The third kappa shape index (κ3) is 6.06. The van der Waals surface area contributed by atoms with Crippen molar-refractivity contribution < 1.29 is 0 Å². The van der Waals surface area contributed by atoms with Gasteiger partial charge in [-0.25, -0.2) is 0 Å². The van der Waals surface area contributed by atoms with E-state index in [-0.39, 0.29) is 0 Å². The lowest BCUT2D eigenvalue weighted by Crippen LogP contribution is -2.72. The standard InChI is InChI=1S/C42H64Si4/c1-26-20-36(23-39(29(26)4)43(11,12)13)46(42-34(9)32(7)33(8)35(42)10,37-21-27(2)30(5)40(24-37)44(14,15)16)38-22-28(3)31(6)41(25-38)45(17,18)19/h20-25,34H,1-19H3. The van der Waals surface area contributed by atoms with Crippen molar-refractivity contribution in [2.24, 2.45) is 5.92 Å². The zero-order valence-electron chi connectivity index (χ0n) is 33.0. The highest BCUT2D eigenvalue weighted by molar-refractivity contribution is 7.17. The largest absolute Gasteiger partial charge is 0.176 e. The quantitative estimate of drug-likeness (QED) is 0.174. The van der Waals surface area contributed by atoms with Crippen LogP contribution in [0.4, 0.5) is 0 Å². The Morgan fingerprint density at radius 1 is 0.413 bits per heavy atom. The topological polar surface area (TPSA) is 0 Å². The summed E-state index contributed by atoms with van der Waals surface area (Å²) < 4.78 is 0. The number of aryl methyl sites for hydroxylation is 3. The fourth-order valence-electron chi connectivity index (χ4n) is 8.50. The van der Waals surface area contributed by atoms with Crippen LogP contribution >= 0.6 is 0 Å². The molecule has 4 heteroatoms. The van der Waals surface area contributed by atoms with Crippen LogP contribution in [0.15, 0.2) is 58.3 Å². The van der Waals surface area contributed by atoms with E-state index in [0.29, 0.717) is 5.92 Å². The molecule has 0 radical (unpaired) electrons. The van der Waals surface area contributed by atoms with Crippen LogP contribution in [0.25, 0.3) is 0 Å². The molecule has 0 N–H and O–H groups in total. The van der Waals surface area contributed by atoms with Crippen molar-refractivity contribution in [1.82, 2.24) is 0 Å². The van der Waals surface area contributed by atoms with Gasteiger partial charge >= 0.3 is 0 Å². The smallest absolute Gasteiger partial charge is 0.0656 e.